The topological polar surface area (TPSA) is 85.8 Å². The van der Waals surface area contributed by atoms with E-state index in [-0.39, 0.29) is 5.82 Å². The predicted molar refractivity (Wildman–Crippen MR) is 102 cm³/mol. The van der Waals surface area contributed by atoms with Gasteiger partial charge in [0.1, 0.15) is 17.5 Å². The van der Waals surface area contributed by atoms with Crippen LogP contribution in [-0.2, 0) is 9.47 Å². The van der Waals surface area contributed by atoms with Gasteiger partial charge in [-0.3, -0.25) is 4.79 Å². The van der Waals surface area contributed by atoms with Crippen molar-refractivity contribution < 1.29 is 23.9 Å². The molecule has 1 aromatic carbocycles. The Kier molecular flexibility index (Phi) is 5.54. The van der Waals surface area contributed by atoms with Crippen LogP contribution in [0.3, 0.4) is 0 Å². The van der Waals surface area contributed by atoms with Crippen LogP contribution in [0.4, 0.5) is 15.4 Å². The number of pyridine rings is 1. The van der Waals surface area contributed by atoms with Gasteiger partial charge in [-0.2, -0.15) is 4.90 Å². The zero-order valence-corrected chi connectivity index (χ0v) is 16.4. The molecule has 0 atom stereocenters. The zero-order chi connectivity index (χ0) is 20.4. The lowest BCUT2D eigenvalue weighted by Gasteiger charge is -2.28. The van der Waals surface area contributed by atoms with Crippen LogP contribution in [0.15, 0.2) is 30.5 Å². The lowest BCUT2D eigenvalue weighted by molar-refractivity contribution is 0.0429. The summed E-state index contributed by atoms with van der Waals surface area (Å²) in [5, 5.41) is 1.17. The van der Waals surface area contributed by atoms with Crippen molar-refractivity contribution in [2.24, 2.45) is 0 Å². The quantitative estimate of drug-likeness (QED) is 0.709. The first-order chi connectivity index (χ1) is 12.4. The number of hydrogen-bond donors (Lipinski definition) is 0. The molecule has 0 radical (unpaired) electrons. The highest BCUT2D eigenvalue weighted by Gasteiger charge is 2.34. The number of aromatic nitrogens is 1. The normalized spacial score (nSPS) is 11.8. The Labute approximate surface area is 158 Å². The maximum Gasteiger partial charge on any atom is 0.425 e. The smallest absolute Gasteiger partial charge is 0.425 e. The minimum absolute atomic E-state index is 0.0414. The second-order valence-electron chi connectivity index (χ2n) is 8.03. The third-order valence-electron chi connectivity index (χ3n) is 3.27. The molecule has 0 N–H and O–H groups in total. The first-order valence-electron chi connectivity index (χ1n) is 8.51. The first-order valence-corrected chi connectivity index (χ1v) is 8.51. The van der Waals surface area contributed by atoms with E-state index in [0.29, 0.717) is 22.6 Å². The van der Waals surface area contributed by atoms with Gasteiger partial charge in [0, 0.05) is 17.1 Å². The molecule has 144 valence electrons. The molecule has 0 unspecified atom stereocenters. The van der Waals surface area contributed by atoms with Gasteiger partial charge in [-0.25, -0.2) is 14.6 Å². The molecular weight excluding hydrogens is 348 g/mol. The van der Waals surface area contributed by atoms with Gasteiger partial charge in [-0.05, 0) is 59.1 Å². The lowest BCUT2D eigenvalue weighted by atomic mass is 10.1. The van der Waals surface area contributed by atoms with Gasteiger partial charge in [0.25, 0.3) is 0 Å². The van der Waals surface area contributed by atoms with Crippen molar-refractivity contribution in [1.29, 1.82) is 0 Å². The number of rotatable bonds is 2. The summed E-state index contributed by atoms with van der Waals surface area (Å²) in [5.74, 6) is 0.0414. The Morgan fingerprint density at radius 1 is 0.963 bits per heavy atom. The van der Waals surface area contributed by atoms with E-state index in [1.807, 2.05) is 0 Å². The molecule has 1 aromatic heterocycles. The molecule has 0 aliphatic heterocycles. The Hall–Kier alpha value is -2.96. The van der Waals surface area contributed by atoms with Gasteiger partial charge < -0.3 is 9.47 Å². The van der Waals surface area contributed by atoms with Crippen LogP contribution in [0.25, 0.3) is 10.8 Å². The monoisotopic (exact) mass is 372 g/mol. The average Bonchev–Trinajstić information content (AvgIpc) is 2.51. The SMILES string of the molecule is CC(C)(C)OC(=O)N(C(=O)OC(C)(C)C)c1nccc2ccc(C=O)cc12. The summed E-state index contributed by atoms with van der Waals surface area (Å²) in [7, 11) is 0. The first kappa shape index (κ1) is 20.4. The molecule has 2 aromatic rings. The number of ether oxygens (including phenoxy) is 2. The summed E-state index contributed by atoms with van der Waals surface area (Å²) in [5.41, 5.74) is -1.25. The largest absolute Gasteiger partial charge is 0.443 e. The number of benzene rings is 1. The molecule has 0 spiro atoms. The number of carbonyl (C=O) groups is 3. The number of imide groups is 1. The highest BCUT2D eigenvalue weighted by Crippen LogP contribution is 2.28. The molecule has 0 saturated heterocycles. The van der Waals surface area contributed by atoms with Gasteiger partial charge in [0.2, 0.25) is 0 Å². The highest BCUT2D eigenvalue weighted by atomic mass is 16.6. The summed E-state index contributed by atoms with van der Waals surface area (Å²) in [4.78, 5) is 41.7. The molecule has 27 heavy (non-hydrogen) atoms. The molecule has 0 saturated carbocycles. The van der Waals surface area contributed by atoms with Gasteiger partial charge in [-0.1, -0.05) is 12.1 Å². The van der Waals surface area contributed by atoms with Crippen molar-refractivity contribution in [2.75, 3.05) is 4.90 Å². The summed E-state index contributed by atoms with van der Waals surface area (Å²) in [6, 6.07) is 6.64. The number of aldehydes is 1. The van der Waals surface area contributed by atoms with E-state index in [1.54, 1.807) is 65.8 Å². The number of hydrogen-bond acceptors (Lipinski definition) is 6. The van der Waals surface area contributed by atoms with Gasteiger partial charge in [0.15, 0.2) is 5.82 Å². The van der Waals surface area contributed by atoms with E-state index in [0.717, 1.165) is 4.90 Å². The van der Waals surface area contributed by atoms with Crippen LogP contribution in [0, 0.1) is 0 Å². The van der Waals surface area contributed by atoms with Crippen LogP contribution in [0.2, 0.25) is 0 Å². The molecule has 0 bridgehead atoms. The summed E-state index contributed by atoms with van der Waals surface area (Å²) < 4.78 is 10.7. The van der Waals surface area contributed by atoms with Crippen LogP contribution in [0.1, 0.15) is 51.9 Å². The molecule has 0 aliphatic rings. The maximum atomic E-state index is 12.8. The molecule has 2 amide bonds. The number of anilines is 1. The van der Waals surface area contributed by atoms with Crippen LogP contribution < -0.4 is 4.90 Å². The third-order valence-corrected chi connectivity index (χ3v) is 3.27. The maximum absolute atomic E-state index is 12.8. The van der Waals surface area contributed by atoms with E-state index >= 15 is 0 Å². The second-order valence-corrected chi connectivity index (χ2v) is 8.03. The fourth-order valence-corrected chi connectivity index (χ4v) is 2.28. The Balaban J connectivity index is 2.62. The van der Waals surface area contributed by atoms with Crippen molar-refractivity contribution in [1.82, 2.24) is 4.98 Å². The van der Waals surface area contributed by atoms with Crippen molar-refractivity contribution in [2.45, 2.75) is 52.7 Å². The average molecular weight is 372 g/mol. The molecule has 0 fully saturated rings. The minimum Gasteiger partial charge on any atom is -0.443 e. The number of amides is 2. The fourth-order valence-electron chi connectivity index (χ4n) is 2.28. The van der Waals surface area contributed by atoms with Crippen molar-refractivity contribution >= 4 is 35.1 Å². The molecule has 7 heteroatoms. The van der Waals surface area contributed by atoms with E-state index < -0.39 is 23.4 Å². The lowest BCUT2D eigenvalue weighted by Crippen LogP contribution is -2.44. The van der Waals surface area contributed by atoms with Crippen LogP contribution >= 0.6 is 0 Å². The Morgan fingerprint density at radius 3 is 2.00 bits per heavy atom. The van der Waals surface area contributed by atoms with Crippen molar-refractivity contribution in [3.05, 3.63) is 36.0 Å². The van der Waals surface area contributed by atoms with E-state index in [2.05, 4.69) is 4.98 Å². The van der Waals surface area contributed by atoms with Crippen molar-refractivity contribution in [3.63, 3.8) is 0 Å². The van der Waals surface area contributed by atoms with Crippen molar-refractivity contribution in [3.8, 4) is 0 Å². The van der Waals surface area contributed by atoms with Gasteiger partial charge >= 0.3 is 12.2 Å². The fraction of sp³-hybridized carbons (Fsp3) is 0.400. The summed E-state index contributed by atoms with van der Waals surface area (Å²) in [6.07, 6.45) is 0.336. The number of carbonyl (C=O) groups excluding carboxylic acids is 3. The van der Waals surface area contributed by atoms with E-state index in [1.165, 1.54) is 6.20 Å². The Morgan fingerprint density at radius 2 is 1.52 bits per heavy atom. The van der Waals surface area contributed by atoms with Gasteiger partial charge in [-0.15, -0.1) is 0 Å². The third kappa shape index (κ3) is 5.26. The number of fused-ring (bicyclic) bond motifs is 1. The molecule has 2 rings (SSSR count). The Bertz CT molecular complexity index is 850. The molecular formula is C20H24N2O5. The van der Waals surface area contributed by atoms with E-state index in [9.17, 15) is 14.4 Å². The summed E-state index contributed by atoms with van der Waals surface area (Å²) in [6.45, 7) is 10.2. The molecule has 0 aliphatic carbocycles. The zero-order valence-electron chi connectivity index (χ0n) is 16.4. The van der Waals surface area contributed by atoms with Gasteiger partial charge in [0.05, 0.1) is 0 Å². The molecule has 7 nitrogen and oxygen atoms in total. The molecule has 1 heterocycles. The standard InChI is InChI=1S/C20H24N2O5/c1-19(2,3)26-17(24)22(18(25)27-20(4,5)6)16-15-11-13(12-23)7-8-14(15)9-10-21-16/h7-12H,1-6H3. The minimum atomic E-state index is -0.909. The number of nitrogens with zero attached hydrogens (tertiary/aromatic N) is 2. The van der Waals surface area contributed by atoms with E-state index in [4.69, 9.17) is 9.47 Å². The second kappa shape index (κ2) is 7.34. The predicted octanol–water partition coefficient (Wildman–Crippen LogP) is 4.72. The van der Waals surface area contributed by atoms with Crippen LogP contribution in [-0.4, -0.2) is 34.7 Å². The summed E-state index contributed by atoms with van der Waals surface area (Å²) >= 11 is 0. The van der Waals surface area contributed by atoms with Crippen LogP contribution in [0.5, 0.6) is 0 Å². The highest BCUT2D eigenvalue weighted by molar-refractivity contribution is 6.14.